The number of guanidine groups is 1. The number of hydrogen-bond donors (Lipinski definition) is 3. The van der Waals surface area contributed by atoms with Crippen LogP contribution in [0.15, 0.2) is 40.7 Å². The van der Waals surface area contributed by atoms with Gasteiger partial charge in [0.2, 0.25) is 5.91 Å². The van der Waals surface area contributed by atoms with Gasteiger partial charge in [-0.05, 0) is 5.56 Å². The predicted molar refractivity (Wildman–Crippen MR) is 114 cm³/mol. The minimum Gasteiger partial charge on any atom is -0.356 e. The molecule has 1 heterocycles. The standard InChI is InChI=1S/C17H20F3N5OS.HI/c1-21-16(22-8-7-15-25-13(11-27-15)17(18,19)20)24-10-14(26)23-9-12-5-3-2-4-6-12;/h2-6,11H,7-10H2,1H3,(H,23,26)(H2,21,22,24);1H. The molecule has 0 bridgehead atoms. The highest BCUT2D eigenvalue weighted by Gasteiger charge is 2.33. The molecule has 3 N–H and O–H groups in total. The number of aromatic nitrogens is 1. The SMILES string of the molecule is CN=C(NCCc1nc(C(F)(F)F)cs1)NCC(=O)NCc1ccccc1.I. The Labute approximate surface area is 182 Å². The molecule has 6 nitrogen and oxygen atoms in total. The number of aliphatic imine (C=N–C) groups is 1. The van der Waals surface area contributed by atoms with Crippen molar-refractivity contribution >= 4 is 47.2 Å². The summed E-state index contributed by atoms with van der Waals surface area (Å²) >= 11 is 0.963. The van der Waals surface area contributed by atoms with Crippen LogP contribution in [-0.4, -0.2) is 37.0 Å². The number of nitrogens with zero attached hydrogens (tertiary/aromatic N) is 2. The Hall–Kier alpha value is -1.89. The summed E-state index contributed by atoms with van der Waals surface area (Å²) in [4.78, 5) is 19.4. The lowest BCUT2D eigenvalue weighted by Crippen LogP contribution is -2.43. The molecule has 1 amide bonds. The number of carbonyl (C=O) groups is 1. The molecule has 154 valence electrons. The van der Waals surface area contributed by atoms with E-state index < -0.39 is 11.9 Å². The molecular weight excluding hydrogens is 506 g/mol. The maximum Gasteiger partial charge on any atom is 0.434 e. The molecule has 2 aromatic rings. The first-order valence-electron chi connectivity index (χ1n) is 8.15. The van der Waals surface area contributed by atoms with Crippen LogP contribution in [0.2, 0.25) is 0 Å². The number of carbonyl (C=O) groups excluding carboxylic acids is 1. The molecule has 0 spiro atoms. The van der Waals surface area contributed by atoms with Crippen LogP contribution in [-0.2, 0) is 23.9 Å². The van der Waals surface area contributed by atoms with E-state index in [4.69, 9.17) is 0 Å². The lowest BCUT2D eigenvalue weighted by molar-refractivity contribution is -0.140. The fourth-order valence-electron chi connectivity index (χ4n) is 2.09. The Morgan fingerprint density at radius 2 is 1.89 bits per heavy atom. The maximum absolute atomic E-state index is 12.5. The van der Waals surface area contributed by atoms with E-state index in [0.717, 1.165) is 22.3 Å². The van der Waals surface area contributed by atoms with Crippen molar-refractivity contribution in [2.45, 2.75) is 19.1 Å². The highest BCUT2D eigenvalue weighted by atomic mass is 127. The van der Waals surface area contributed by atoms with Gasteiger partial charge in [0.25, 0.3) is 0 Å². The Kier molecular flexibility index (Phi) is 10.2. The summed E-state index contributed by atoms with van der Waals surface area (Å²) in [6.07, 6.45) is -4.10. The van der Waals surface area contributed by atoms with Crippen molar-refractivity contribution in [1.82, 2.24) is 20.9 Å². The zero-order chi connectivity index (χ0) is 19.7. The molecule has 0 fully saturated rings. The average Bonchev–Trinajstić information content (AvgIpc) is 3.13. The minimum absolute atomic E-state index is 0. The molecule has 1 aromatic heterocycles. The smallest absolute Gasteiger partial charge is 0.356 e. The molecule has 0 aliphatic rings. The van der Waals surface area contributed by atoms with Gasteiger partial charge in [0.15, 0.2) is 11.7 Å². The number of amides is 1. The summed E-state index contributed by atoms with van der Waals surface area (Å²) in [7, 11) is 1.54. The molecule has 11 heteroatoms. The molecule has 0 saturated carbocycles. The van der Waals surface area contributed by atoms with Gasteiger partial charge in [-0.1, -0.05) is 30.3 Å². The molecule has 0 aliphatic carbocycles. The van der Waals surface area contributed by atoms with Gasteiger partial charge in [0, 0.05) is 31.9 Å². The summed E-state index contributed by atoms with van der Waals surface area (Å²) in [5, 5.41) is 9.95. The second kappa shape index (κ2) is 11.8. The molecular formula is C17H21F3IN5OS. The number of nitrogens with one attached hydrogen (secondary N) is 3. The quantitative estimate of drug-likeness (QED) is 0.294. The number of benzene rings is 1. The van der Waals surface area contributed by atoms with Gasteiger partial charge in [0.1, 0.15) is 0 Å². The third-order valence-corrected chi connectivity index (χ3v) is 4.35. The van der Waals surface area contributed by atoms with Gasteiger partial charge in [-0.15, -0.1) is 35.3 Å². The first-order chi connectivity index (χ1) is 12.9. The molecule has 0 atom stereocenters. The van der Waals surface area contributed by atoms with Crippen LogP contribution in [0.25, 0.3) is 0 Å². The Morgan fingerprint density at radius 1 is 1.18 bits per heavy atom. The number of hydrogen-bond acceptors (Lipinski definition) is 4. The normalized spacial score (nSPS) is 11.5. The number of halogens is 4. The lowest BCUT2D eigenvalue weighted by Gasteiger charge is -2.11. The maximum atomic E-state index is 12.5. The lowest BCUT2D eigenvalue weighted by atomic mass is 10.2. The second-order valence-corrected chi connectivity index (χ2v) is 6.43. The molecule has 28 heavy (non-hydrogen) atoms. The van der Waals surface area contributed by atoms with Crippen molar-refractivity contribution in [3.05, 3.63) is 52.0 Å². The van der Waals surface area contributed by atoms with E-state index in [2.05, 4.69) is 25.9 Å². The largest absolute Gasteiger partial charge is 0.434 e. The van der Waals surface area contributed by atoms with Crippen molar-refractivity contribution in [3.8, 4) is 0 Å². The summed E-state index contributed by atoms with van der Waals surface area (Å²) in [5.41, 5.74) is 0.120. The van der Waals surface area contributed by atoms with Gasteiger partial charge in [0.05, 0.1) is 11.6 Å². The van der Waals surface area contributed by atoms with Crippen molar-refractivity contribution < 1.29 is 18.0 Å². The van der Waals surface area contributed by atoms with E-state index in [1.165, 1.54) is 0 Å². The highest BCUT2D eigenvalue weighted by molar-refractivity contribution is 14.0. The average molecular weight is 527 g/mol. The van der Waals surface area contributed by atoms with Gasteiger partial charge in [-0.3, -0.25) is 9.79 Å². The predicted octanol–water partition coefficient (Wildman–Crippen LogP) is 2.80. The summed E-state index contributed by atoms with van der Waals surface area (Å²) in [6, 6.07) is 9.52. The summed E-state index contributed by atoms with van der Waals surface area (Å²) in [6.45, 7) is 0.803. The molecule has 0 unspecified atom stereocenters. The van der Waals surface area contributed by atoms with Crippen LogP contribution in [0.3, 0.4) is 0 Å². The van der Waals surface area contributed by atoms with Crippen molar-refractivity contribution in [2.75, 3.05) is 20.1 Å². The third-order valence-electron chi connectivity index (χ3n) is 3.45. The van der Waals surface area contributed by atoms with Gasteiger partial charge < -0.3 is 16.0 Å². The van der Waals surface area contributed by atoms with Crippen LogP contribution in [0, 0.1) is 0 Å². The van der Waals surface area contributed by atoms with Crippen molar-refractivity contribution in [2.24, 2.45) is 4.99 Å². The van der Waals surface area contributed by atoms with Gasteiger partial charge in [-0.25, -0.2) is 4.98 Å². The molecule has 1 aromatic carbocycles. The molecule has 2 rings (SSSR count). The number of thiazole rings is 1. The highest BCUT2D eigenvalue weighted by Crippen LogP contribution is 2.29. The third kappa shape index (κ3) is 8.42. The van der Waals surface area contributed by atoms with Crippen LogP contribution in [0.4, 0.5) is 13.2 Å². The number of rotatable bonds is 7. The molecule has 0 saturated heterocycles. The van der Waals surface area contributed by atoms with E-state index in [0.29, 0.717) is 30.5 Å². The monoisotopic (exact) mass is 527 g/mol. The van der Waals surface area contributed by atoms with Crippen LogP contribution in [0.1, 0.15) is 16.3 Å². The minimum atomic E-state index is -4.42. The van der Waals surface area contributed by atoms with E-state index in [9.17, 15) is 18.0 Å². The fraction of sp³-hybridized carbons (Fsp3) is 0.353. The van der Waals surface area contributed by atoms with Gasteiger partial charge in [-0.2, -0.15) is 13.2 Å². The Bertz CT molecular complexity index is 768. The van der Waals surface area contributed by atoms with Crippen LogP contribution >= 0.6 is 35.3 Å². The first-order valence-corrected chi connectivity index (χ1v) is 9.03. The fourth-order valence-corrected chi connectivity index (χ4v) is 2.89. The first kappa shape index (κ1) is 24.1. The van der Waals surface area contributed by atoms with Crippen molar-refractivity contribution in [3.63, 3.8) is 0 Å². The Balaban J connectivity index is 0.00000392. The molecule has 0 radical (unpaired) electrons. The van der Waals surface area contributed by atoms with E-state index in [1.807, 2.05) is 30.3 Å². The van der Waals surface area contributed by atoms with E-state index >= 15 is 0 Å². The number of alkyl halides is 3. The van der Waals surface area contributed by atoms with Gasteiger partial charge >= 0.3 is 6.18 Å². The van der Waals surface area contributed by atoms with E-state index in [-0.39, 0.29) is 36.4 Å². The molecule has 0 aliphatic heterocycles. The zero-order valence-electron chi connectivity index (χ0n) is 15.0. The second-order valence-electron chi connectivity index (χ2n) is 5.49. The topological polar surface area (TPSA) is 78.4 Å². The van der Waals surface area contributed by atoms with Crippen LogP contribution < -0.4 is 16.0 Å². The summed E-state index contributed by atoms with van der Waals surface area (Å²) in [5.74, 6) is 0.189. The van der Waals surface area contributed by atoms with E-state index in [1.54, 1.807) is 7.05 Å². The van der Waals surface area contributed by atoms with Crippen LogP contribution in [0.5, 0.6) is 0 Å². The Morgan fingerprint density at radius 3 is 2.50 bits per heavy atom. The van der Waals surface area contributed by atoms with Crippen molar-refractivity contribution in [1.29, 1.82) is 0 Å². The zero-order valence-corrected chi connectivity index (χ0v) is 18.2. The summed E-state index contributed by atoms with van der Waals surface area (Å²) < 4.78 is 37.5.